The van der Waals surface area contributed by atoms with Gasteiger partial charge in [0.2, 0.25) is 0 Å². The number of aromatic nitrogens is 3. The number of rotatable bonds is 5. The van der Waals surface area contributed by atoms with Crippen LogP contribution in [0, 0.1) is 24.5 Å². The highest BCUT2D eigenvalue weighted by Crippen LogP contribution is 2.31. The van der Waals surface area contributed by atoms with E-state index in [4.69, 9.17) is 9.15 Å². The monoisotopic (exact) mass is 704 g/mol. The Bertz CT molecular complexity index is 2970. The number of halogens is 2. The molecule has 2 aromatic carbocycles. The van der Waals surface area contributed by atoms with Crippen LogP contribution in [0.3, 0.4) is 0 Å². The van der Waals surface area contributed by atoms with Crippen LogP contribution in [0.4, 0.5) is 8.63 Å². The number of furan rings is 1. The number of H-pyrrole nitrogens is 2. The van der Waals surface area contributed by atoms with Crippen molar-refractivity contribution in [3.8, 4) is 0 Å². The molecule has 0 radical (unpaired) electrons. The van der Waals surface area contributed by atoms with Gasteiger partial charge < -0.3 is 36.7 Å². The molecule has 3 aliphatic heterocycles. The molecule has 9 rings (SSSR count). The third-order valence-electron chi connectivity index (χ3n) is 10.2. The molecular weight excluding hydrogens is 669 g/mol. The summed E-state index contributed by atoms with van der Waals surface area (Å²) in [7, 11) is 0. The van der Waals surface area contributed by atoms with E-state index in [0.29, 0.717) is 66.2 Å². The van der Waals surface area contributed by atoms with Crippen molar-refractivity contribution >= 4 is 41.1 Å². The minimum Gasteiger partial charge on any atom is -0.463 e. The molecule has 8 bridgehead atoms. The molecule has 0 amide bonds. The summed E-state index contributed by atoms with van der Waals surface area (Å²) in [4.78, 5) is 19.8. The Hall–Kier alpha value is -6.42. The fourth-order valence-electron chi connectivity index (χ4n) is 7.65. The number of benzene rings is 2. The Morgan fingerprint density at radius 2 is 1.30 bits per heavy atom. The number of aromatic amines is 2. The average molecular weight is 705 g/mol. The second-order valence-corrected chi connectivity index (χ2v) is 13.7. The number of fused-ring (bicyclic) bond motifs is 6. The molecule has 7 nitrogen and oxygen atoms in total. The molecule has 0 saturated heterocycles. The number of esters is 1. The highest BCUT2D eigenvalue weighted by atomic mass is 19.2. The van der Waals surface area contributed by atoms with E-state index in [1.807, 2.05) is 98.8 Å². The molecular formula is C43H35BF2N4O3. The first kappa shape index (κ1) is 32.5. The second kappa shape index (κ2) is 12.1. The maximum Gasteiger partial charge on any atom is 0.738 e. The summed E-state index contributed by atoms with van der Waals surface area (Å²) in [5.74, 6) is 0.748. The zero-order chi connectivity index (χ0) is 36.6. The first-order valence-corrected chi connectivity index (χ1v) is 17.7. The summed E-state index contributed by atoms with van der Waals surface area (Å²) in [6, 6.07) is 31.1. The summed E-state index contributed by atoms with van der Waals surface area (Å²) in [5, 5.41) is 3.04. The van der Waals surface area contributed by atoms with Crippen molar-refractivity contribution in [3.63, 3.8) is 0 Å². The molecule has 7 heterocycles. The maximum absolute atomic E-state index is 17.5. The average Bonchev–Trinajstić information content (AvgIpc) is 3.99. The van der Waals surface area contributed by atoms with E-state index >= 15 is 8.63 Å². The van der Waals surface area contributed by atoms with Gasteiger partial charge in [0.25, 0.3) is 0 Å². The summed E-state index contributed by atoms with van der Waals surface area (Å²) in [6.45, 7) is 3.20. The van der Waals surface area contributed by atoms with Crippen LogP contribution in [0.2, 0.25) is 0 Å². The third kappa shape index (κ3) is 5.16. The molecule has 0 fully saturated rings. The van der Waals surface area contributed by atoms with Crippen molar-refractivity contribution < 1.29 is 27.1 Å². The Morgan fingerprint density at radius 3 is 1.91 bits per heavy atom. The standard InChI is InChI=1S/C43H35BF2N4O3/c1-5-52-43(51)27(4)24-30-35-18-20-37-31-14-16-33(47-31)41(28-10-6-25(2)7-11-28)39-22-23-40(53-39)42(29-12-8-26(3)9-13-29)34-17-15-32(48-34)38-21-19-36(30)50(38)44(45,46)49(35)37/h6-24,47-48H,5H2,1-4H3/b27-24+,37-31?,38-32?,41-33?,41-39?,42-34?,42-40?. The van der Waals surface area contributed by atoms with E-state index in [1.54, 1.807) is 44.2 Å². The van der Waals surface area contributed by atoms with Crippen LogP contribution in [0.5, 0.6) is 0 Å². The van der Waals surface area contributed by atoms with Gasteiger partial charge in [-0.2, -0.15) is 0 Å². The highest BCUT2D eigenvalue weighted by molar-refractivity contribution is 6.59. The van der Waals surface area contributed by atoms with E-state index in [-0.39, 0.29) is 6.61 Å². The number of carbonyl (C=O) groups is 1. The summed E-state index contributed by atoms with van der Waals surface area (Å²) in [5.41, 5.74) is 7.03. The number of ether oxygens (including phenoxy) is 1. The summed E-state index contributed by atoms with van der Waals surface area (Å²) >= 11 is 0. The lowest BCUT2D eigenvalue weighted by Crippen LogP contribution is -2.56. The van der Waals surface area contributed by atoms with Crippen LogP contribution < -0.4 is 21.4 Å². The van der Waals surface area contributed by atoms with Crippen molar-refractivity contribution in [1.29, 1.82) is 0 Å². The van der Waals surface area contributed by atoms with Gasteiger partial charge in [-0.3, -0.25) is 0 Å². The van der Waals surface area contributed by atoms with Crippen LogP contribution in [0.15, 0.2) is 125 Å². The smallest absolute Gasteiger partial charge is 0.463 e. The summed E-state index contributed by atoms with van der Waals surface area (Å²) in [6.07, 6.45) is 5.04. The Kier molecular flexibility index (Phi) is 7.41. The van der Waals surface area contributed by atoms with Gasteiger partial charge in [0.15, 0.2) is 11.4 Å². The molecule has 0 saturated carbocycles. The van der Waals surface area contributed by atoms with E-state index in [0.717, 1.165) is 42.4 Å². The summed E-state index contributed by atoms with van der Waals surface area (Å²) < 4.78 is 49.2. The van der Waals surface area contributed by atoms with Crippen LogP contribution in [-0.4, -0.2) is 44.2 Å². The molecule has 4 aromatic heterocycles. The van der Waals surface area contributed by atoms with Gasteiger partial charge in [0.1, 0.15) is 16.9 Å². The maximum atomic E-state index is 17.5. The Balaban J connectivity index is 1.47. The number of aryl methyl sites for hydroxylation is 2. The lowest BCUT2D eigenvalue weighted by atomic mass is 9.89. The van der Waals surface area contributed by atoms with Gasteiger partial charge >= 0.3 is 12.9 Å². The molecule has 53 heavy (non-hydrogen) atoms. The van der Waals surface area contributed by atoms with Gasteiger partial charge in [0.05, 0.1) is 28.2 Å². The van der Waals surface area contributed by atoms with E-state index in [9.17, 15) is 4.79 Å². The first-order valence-electron chi connectivity index (χ1n) is 17.7. The van der Waals surface area contributed by atoms with Crippen LogP contribution >= 0.6 is 0 Å². The minimum atomic E-state index is -4.44. The molecule has 10 heteroatoms. The second-order valence-electron chi connectivity index (χ2n) is 13.7. The fourth-order valence-corrected chi connectivity index (χ4v) is 7.65. The number of carbonyl (C=O) groups excluding carboxylic acids is 1. The van der Waals surface area contributed by atoms with Gasteiger partial charge in [0, 0.05) is 39.6 Å². The van der Waals surface area contributed by atoms with Crippen LogP contribution in [-0.2, 0) is 9.53 Å². The molecule has 0 spiro atoms. The van der Waals surface area contributed by atoms with Crippen molar-refractivity contribution in [2.75, 3.05) is 6.61 Å². The zero-order valence-electron chi connectivity index (χ0n) is 29.6. The highest BCUT2D eigenvalue weighted by Gasteiger charge is 2.52. The van der Waals surface area contributed by atoms with Gasteiger partial charge in [-0.1, -0.05) is 59.7 Å². The van der Waals surface area contributed by atoms with Gasteiger partial charge in [-0.05, 0) is 93.4 Å². The molecule has 3 aliphatic rings. The fraction of sp³-hybridized carbons (Fsp3) is 0.116. The molecule has 0 aliphatic carbocycles. The third-order valence-corrected chi connectivity index (χ3v) is 10.2. The van der Waals surface area contributed by atoms with Crippen molar-refractivity contribution in [2.24, 2.45) is 0 Å². The van der Waals surface area contributed by atoms with E-state index < -0.39 is 12.9 Å². The molecule has 6 aromatic rings. The topological polar surface area (TPSA) is 79.0 Å². The largest absolute Gasteiger partial charge is 0.738 e. The van der Waals surface area contributed by atoms with Crippen LogP contribution in [0.1, 0.15) is 47.6 Å². The van der Waals surface area contributed by atoms with Crippen LogP contribution in [0.25, 0.3) is 22.4 Å². The van der Waals surface area contributed by atoms with E-state index in [2.05, 4.69) is 9.97 Å². The molecule has 0 unspecified atom stereocenters. The number of allylic oxidation sites excluding steroid dienone is 2. The first-order chi connectivity index (χ1) is 25.6. The zero-order valence-corrected chi connectivity index (χ0v) is 29.6. The van der Waals surface area contributed by atoms with Crippen molar-refractivity contribution in [2.45, 2.75) is 27.7 Å². The minimum absolute atomic E-state index is 0.202. The predicted molar refractivity (Wildman–Crippen MR) is 201 cm³/mol. The quantitative estimate of drug-likeness (QED) is 0.148. The number of nitrogens with one attached hydrogen (secondary N) is 2. The lowest BCUT2D eigenvalue weighted by molar-refractivity contribution is -0.318. The van der Waals surface area contributed by atoms with Crippen molar-refractivity contribution in [3.05, 3.63) is 187 Å². The van der Waals surface area contributed by atoms with Gasteiger partial charge in [-0.25, -0.2) is 4.79 Å². The predicted octanol–water partition coefficient (Wildman–Crippen LogP) is 5.18. The number of hydrogen-bond donors (Lipinski definition) is 2. The Labute approximate surface area is 302 Å². The van der Waals surface area contributed by atoms with E-state index in [1.165, 1.54) is 0 Å². The molecule has 0 atom stereocenters. The van der Waals surface area contributed by atoms with Crippen molar-refractivity contribution in [1.82, 2.24) is 14.4 Å². The normalized spacial score (nSPS) is 15.8. The number of hydrogen-bond acceptors (Lipinski definition) is 3. The van der Waals surface area contributed by atoms with Gasteiger partial charge in [-0.15, -0.1) is 0 Å². The SMILES string of the molecule is CCOC(=O)/C(C)=C/C1=c2ccc3n2[B-](F)(F)[N+]2=C1C=CC2=c1ccc([nH]1)=C(c1ccc(C)cc1)c1ccc(o1)C(c1ccc(C)cc1)=c1ccc=3[nH]1. The Morgan fingerprint density at radius 1 is 0.755 bits per heavy atom. The lowest BCUT2D eigenvalue weighted by Gasteiger charge is -2.28. The molecule has 262 valence electrons. The molecule has 2 N–H and O–H groups in total. The number of nitrogens with zero attached hydrogens (tertiary/aromatic N) is 2.